The Bertz CT molecular complexity index is 1330. The number of nitrogens with zero attached hydrogens (tertiary/aromatic N) is 5. The molecule has 7 rings (SSSR count). The second-order valence-electron chi connectivity index (χ2n) is 9.34. The van der Waals surface area contributed by atoms with Gasteiger partial charge in [0.1, 0.15) is 0 Å². The molecule has 160 valence electrons. The fraction of sp³-hybridized carbons (Fsp3) is 0.333. The zero-order chi connectivity index (χ0) is 22.1. The standard InChI is InChI=1S/C24H19F2N5O/c25-18-3-1-2-17(21(18)26)20-6-7-28-31(20)22(32)24-11-23(12-24,13-24)14-30-19-5-4-15(9-27)8-16(19)10-29-30/h1-5,7-8,10,20H,6,11-14H2. The van der Waals surface area contributed by atoms with Gasteiger partial charge in [-0.1, -0.05) is 12.1 Å². The van der Waals surface area contributed by atoms with Crippen molar-refractivity contribution in [2.75, 3.05) is 0 Å². The second-order valence-corrected chi connectivity index (χ2v) is 9.34. The van der Waals surface area contributed by atoms with Crippen molar-refractivity contribution in [2.45, 2.75) is 38.3 Å². The number of hydrogen-bond acceptors (Lipinski definition) is 4. The van der Waals surface area contributed by atoms with Crippen LogP contribution in [0.25, 0.3) is 10.9 Å². The lowest BCUT2D eigenvalue weighted by Gasteiger charge is -2.69. The summed E-state index contributed by atoms with van der Waals surface area (Å²) in [6.07, 6.45) is 5.94. The molecule has 1 amide bonds. The van der Waals surface area contributed by atoms with Crippen molar-refractivity contribution in [2.24, 2.45) is 15.9 Å². The predicted molar refractivity (Wildman–Crippen MR) is 112 cm³/mol. The summed E-state index contributed by atoms with van der Waals surface area (Å²) in [6.45, 7) is 0.711. The molecule has 2 heterocycles. The van der Waals surface area contributed by atoms with E-state index in [1.165, 1.54) is 17.1 Å². The van der Waals surface area contributed by atoms with Crippen molar-refractivity contribution in [1.29, 1.82) is 5.26 Å². The maximum absolute atomic E-state index is 14.3. The third kappa shape index (κ3) is 2.57. The van der Waals surface area contributed by atoms with E-state index in [2.05, 4.69) is 16.3 Å². The highest BCUT2D eigenvalue weighted by Crippen LogP contribution is 2.74. The molecule has 3 fully saturated rings. The lowest BCUT2D eigenvalue weighted by Crippen LogP contribution is -2.68. The van der Waals surface area contributed by atoms with Crippen LogP contribution in [0.2, 0.25) is 0 Å². The maximum Gasteiger partial charge on any atom is 0.249 e. The van der Waals surface area contributed by atoms with Crippen LogP contribution in [0, 0.1) is 33.8 Å². The second kappa shape index (κ2) is 6.45. The number of benzene rings is 2. The van der Waals surface area contributed by atoms with Crippen LogP contribution in [0.3, 0.4) is 0 Å². The first-order chi connectivity index (χ1) is 15.4. The highest BCUT2D eigenvalue weighted by Gasteiger charge is 2.72. The van der Waals surface area contributed by atoms with Crippen molar-refractivity contribution in [3.63, 3.8) is 0 Å². The molecule has 2 bridgehead atoms. The van der Waals surface area contributed by atoms with Crippen LogP contribution in [0.5, 0.6) is 0 Å². The molecule has 8 heteroatoms. The van der Waals surface area contributed by atoms with Gasteiger partial charge in [0.15, 0.2) is 11.6 Å². The zero-order valence-electron chi connectivity index (χ0n) is 17.1. The van der Waals surface area contributed by atoms with Crippen LogP contribution < -0.4 is 0 Å². The third-order valence-corrected chi connectivity index (χ3v) is 7.23. The van der Waals surface area contributed by atoms with Crippen molar-refractivity contribution in [3.8, 4) is 6.07 Å². The van der Waals surface area contributed by atoms with E-state index in [1.807, 2.05) is 16.8 Å². The number of fused-ring (bicyclic) bond motifs is 1. The Hall–Kier alpha value is -3.60. The van der Waals surface area contributed by atoms with Gasteiger partial charge in [0, 0.05) is 30.1 Å². The van der Waals surface area contributed by atoms with E-state index in [9.17, 15) is 13.6 Å². The average molecular weight is 431 g/mol. The van der Waals surface area contributed by atoms with Gasteiger partial charge in [-0.15, -0.1) is 0 Å². The van der Waals surface area contributed by atoms with Gasteiger partial charge in [0.25, 0.3) is 0 Å². The quantitative estimate of drug-likeness (QED) is 0.618. The molecule has 3 aromatic rings. The molecule has 6 nitrogen and oxygen atoms in total. The summed E-state index contributed by atoms with van der Waals surface area (Å²) < 4.78 is 30.0. The Morgan fingerprint density at radius 2 is 2.03 bits per heavy atom. The van der Waals surface area contributed by atoms with Crippen molar-refractivity contribution in [1.82, 2.24) is 14.8 Å². The van der Waals surface area contributed by atoms with E-state index < -0.39 is 23.1 Å². The van der Waals surface area contributed by atoms with Crippen molar-refractivity contribution in [3.05, 3.63) is 65.4 Å². The summed E-state index contributed by atoms with van der Waals surface area (Å²) in [5.74, 6) is -1.94. The lowest BCUT2D eigenvalue weighted by atomic mass is 9.34. The maximum atomic E-state index is 14.3. The number of rotatable bonds is 4. The van der Waals surface area contributed by atoms with Crippen LogP contribution in [-0.4, -0.2) is 26.9 Å². The van der Waals surface area contributed by atoms with Crippen LogP contribution in [0.4, 0.5) is 8.78 Å². The fourth-order valence-electron chi connectivity index (χ4n) is 5.88. The lowest BCUT2D eigenvalue weighted by molar-refractivity contribution is -0.223. The number of carbonyl (C=O) groups is 1. The monoisotopic (exact) mass is 431 g/mol. The van der Waals surface area contributed by atoms with Gasteiger partial charge in [-0.2, -0.15) is 15.5 Å². The molecule has 0 spiro atoms. The predicted octanol–water partition coefficient (Wildman–Crippen LogP) is 4.32. The number of carbonyl (C=O) groups excluding carboxylic acids is 1. The topological polar surface area (TPSA) is 74.3 Å². The fourth-order valence-corrected chi connectivity index (χ4v) is 5.88. The van der Waals surface area contributed by atoms with Crippen LogP contribution in [0.1, 0.15) is 42.9 Å². The Morgan fingerprint density at radius 1 is 1.22 bits per heavy atom. The summed E-state index contributed by atoms with van der Waals surface area (Å²) in [4.78, 5) is 13.3. The van der Waals surface area contributed by atoms with E-state index >= 15 is 0 Å². The van der Waals surface area contributed by atoms with E-state index in [-0.39, 0.29) is 16.9 Å². The molecule has 0 N–H and O–H groups in total. The molecule has 0 saturated heterocycles. The molecular weight excluding hydrogens is 412 g/mol. The highest BCUT2D eigenvalue weighted by atomic mass is 19.2. The van der Waals surface area contributed by atoms with Gasteiger partial charge in [0.2, 0.25) is 5.91 Å². The summed E-state index contributed by atoms with van der Waals surface area (Å²) in [5, 5.41) is 20.1. The first-order valence-electron chi connectivity index (χ1n) is 10.6. The van der Waals surface area contributed by atoms with Crippen LogP contribution >= 0.6 is 0 Å². The molecule has 0 radical (unpaired) electrons. The minimum atomic E-state index is -0.917. The molecule has 1 atom stereocenters. The van der Waals surface area contributed by atoms with E-state index in [0.717, 1.165) is 36.2 Å². The Balaban J connectivity index is 1.18. The zero-order valence-corrected chi connectivity index (χ0v) is 17.1. The molecule has 32 heavy (non-hydrogen) atoms. The van der Waals surface area contributed by atoms with Gasteiger partial charge in [0.05, 0.1) is 34.8 Å². The normalized spacial score (nSPS) is 27.8. The molecule has 1 aromatic heterocycles. The average Bonchev–Trinajstić information content (AvgIpc) is 3.38. The number of halogens is 2. The summed E-state index contributed by atoms with van der Waals surface area (Å²) >= 11 is 0. The first-order valence-corrected chi connectivity index (χ1v) is 10.6. The minimum absolute atomic E-state index is 0.0194. The summed E-state index contributed by atoms with van der Waals surface area (Å²) in [6, 6.07) is 11.1. The van der Waals surface area contributed by atoms with E-state index in [4.69, 9.17) is 5.26 Å². The summed E-state index contributed by atoms with van der Waals surface area (Å²) in [5.41, 5.74) is 1.28. The molecule has 4 aliphatic rings. The summed E-state index contributed by atoms with van der Waals surface area (Å²) in [7, 11) is 0. The molecule has 1 unspecified atom stereocenters. The number of aromatic nitrogens is 2. The molecular formula is C24H19F2N5O. The van der Waals surface area contributed by atoms with Crippen molar-refractivity contribution >= 4 is 23.0 Å². The van der Waals surface area contributed by atoms with Gasteiger partial charge in [-0.05, 0) is 48.9 Å². The Labute approximate surface area is 182 Å². The number of nitriles is 1. The van der Waals surface area contributed by atoms with E-state index in [1.54, 1.807) is 18.5 Å². The smallest absolute Gasteiger partial charge is 0.249 e. The van der Waals surface area contributed by atoms with Crippen molar-refractivity contribution < 1.29 is 13.6 Å². The first kappa shape index (κ1) is 19.1. The molecule has 3 aliphatic carbocycles. The van der Waals surface area contributed by atoms with Gasteiger partial charge >= 0.3 is 0 Å². The van der Waals surface area contributed by atoms with Gasteiger partial charge in [-0.3, -0.25) is 9.48 Å². The number of hydrazone groups is 1. The highest BCUT2D eigenvalue weighted by molar-refractivity contribution is 5.88. The minimum Gasteiger partial charge on any atom is -0.272 e. The van der Waals surface area contributed by atoms with Crippen LogP contribution in [0.15, 0.2) is 47.7 Å². The van der Waals surface area contributed by atoms with Gasteiger partial charge in [-0.25, -0.2) is 13.8 Å². The number of amides is 1. The SMILES string of the molecule is N#Cc1ccc2c(cnn2CC23CC(C(=O)N4N=CCC4c4cccc(F)c4F)(C2)C3)c1. The third-order valence-electron chi connectivity index (χ3n) is 7.23. The van der Waals surface area contributed by atoms with Crippen LogP contribution in [-0.2, 0) is 11.3 Å². The number of hydrogen-bond donors (Lipinski definition) is 0. The Kier molecular flexibility index (Phi) is 3.85. The Morgan fingerprint density at radius 3 is 2.81 bits per heavy atom. The van der Waals surface area contributed by atoms with Gasteiger partial charge < -0.3 is 0 Å². The largest absolute Gasteiger partial charge is 0.272 e. The molecule has 2 aromatic carbocycles. The molecule has 1 aliphatic heterocycles. The van der Waals surface area contributed by atoms with E-state index in [0.29, 0.717) is 18.5 Å². The molecule has 3 saturated carbocycles.